The summed E-state index contributed by atoms with van der Waals surface area (Å²) in [6.07, 6.45) is 2.63. The molecule has 8 heteroatoms. The van der Waals surface area contributed by atoms with E-state index in [-0.39, 0.29) is 30.6 Å². The number of nitrogens with one attached hydrogen (secondary N) is 1. The average Bonchev–Trinajstić information content (AvgIpc) is 3.11. The van der Waals surface area contributed by atoms with E-state index in [1.807, 2.05) is 72.8 Å². The van der Waals surface area contributed by atoms with Gasteiger partial charge in [0.2, 0.25) is 0 Å². The lowest BCUT2D eigenvalue weighted by Crippen LogP contribution is -2.38. The van der Waals surface area contributed by atoms with E-state index in [4.69, 9.17) is 9.47 Å². The van der Waals surface area contributed by atoms with Crippen LogP contribution in [0.1, 0.15) is 51.9 Å². The molecule has 1 aromatic heterocycles. The Labute approximate surface area is 267 Å². The fourth-order valence-corrected chi connectivity index (χ4v) is 6.36. The lowest BCUT2D eigenvalue weighted by atomic mass is 9.91. The van der Waals surface area contributed by atoms with Crippen LogP contribution in [0.2, 0.25) is 0 Å². The van der Waals surface area contributed by atoms with Gasteiger partial charge in [0.15, 0.2) is 11.4 Å². The monoisotopic (exact) mass is 617 g/mol. The van der Waals surface area contributed by atoms with Crippen molar-refractivity contribution in [1.82, 2.24) is 15.3 Å². The quantitative estimate of drug-likeness (QED) is 0.127. The molecule has 0 spiro atoms. The van der Waals surface area contributed by atoms with Crippen LogP contribution in [0, 0.1) is 5.92 Å². The summed E-state index contributed by atoms with van der Waals surface area (Å²) >= 11 is 1.57. The molecule has 2 heterocycles. The van der Waals surface area contributed by atoms with E-state index in [0.29, 0.717) is 23.0 Å². The van der Waals surface area contributed by atoms with E-state index < -0.39 is 6.29 Å². The third-order valence-corrected chi connectivity index (χ3v) is 8.94. The van der Waals surface area contributed by atoms with Gasteiger partial charge in [0.1, 0.15) is 0 Å². The Balaban J connectivity index is 1.18. The van der Waals surface area contributed by atoms with Crippen molar-refractivity contribution in [2.45, 2.75) is 43.7 Å². The number of aliphatic hydroxyl groups is 1. The highest BCUT2D eigenvalue weighted by Gasteiger charge is 2.38. The molecule has 4 unspecified atom stereocenters. The normalized spacial score (nSPS) is 19.6. The number of hydrogen-bond donors (Lipinski definition) is 2. The Bertz CT molecular complexity index is 1690. The third-order valence-electron chi connectivity index (χ3n) is 7.97. The second kappa shape index (κ2) is 14.6. The standard InChI is InChI=1S/C37H35N3O4S/c1-25-33(24-45-37-38-19-6-20-39-37)43-36(44-34(25)29-13-11-26(23-41)12-14-29)31-17-15-28(16-18-31)32-10-5-7-27(21-32)22-40-35(42)30-8-3-2-4-9-30/h2-21,25,33-34,36,41H,22-24H2,1H3,(H,40,42). The molecule has 0 radical (unpaired) electrons. The van der Waals surface area contributed by atoms with E-state index in [2.05, 4.69) is 58.6 Å². The molecular formula is C37H35N3O4S. The Hall–Kier alpha value is -4.34. The Kier molecular flexibility index (Phi) is 9.97. The molecule has 5 aromatic rings. The molecule has 228 valence electrons. The molecule has 1 aliphatic rings. The maximum absolute atomic E-state index is 12.5. The lowest BCUT2D eigenvalue weighted by molar-refractivity contribution is -0.268. The topological polar surface area (TPSA) is 93.6 Å². The molecule has 1 amide bonds. The molecule has 4 aromatic carbocycles. The van der Waals surface area contributed by atoms with Crippen LogP contribution in [0.4, 0.5) is 0 Å². The summed E-state index contributed by atoms with van der Waals surface area (Å²) < 4.78 is 13.2. The van der Waals surface area contributed by atoms with Crippen molar-refractivity contribution < 1.29 is 19.4 Å². The minimum absolute atomic E-state index is 0.00101. The van der Waals surface area contributed by atoms with Crippen molar-refractivity contribution >= 4 is 17.7 Å². The molecule has 6 rings (SSSR count). The molecular weight excluding hydrogens is 582 g/mol. The van der Waals surface area contributed by atoms with Crippen LogP contribution in [0.3, 0.4) is 0 Å². The molecule has 0 bridgehead atoms. The molecule has 2 N–H and O–H groups in total. The van der Waals surface area contributed by atoms with Gasteiger partial charge in [-0.2, -0.15) is 0 Å². The number of thioether (sulfide) groups is 1. The number of carbonyl (C=O) groups excluding carboxylic acids is 1. The first-order chi connectivity index (χ1) is 22.1. The highest BCUT2D eigenvalue weighted by molar-refractivity contribution is 7.99. The first-order valence-corrected chi connectivity index (χ1v) is 16.0. The van der Waals surface area contributed by atoms with Crippen LogP contribution < -0.4 is 5.32 Å². The molecule has 4 atom stereocenters. The van der Waals surface area contributed by atoms with Crippen molar-refractivity contribution in [2.75, 3.05) is 5.75 Å². The van der Waals surface area contributed by atoms with Crippen molar-refractivity contribution in [1.29, 1.82) is 0 Å². The molecule has 1 saturated heterocycles. The van der Waals surface area contributed by atoms with Crippen molar-refractivity contribution in [3.8, 4) is 11.1 Å². The van der Waals surface area contributed by atoms with Crippen LogP contribution in [-0.2, 0) is 22.6 Å². The van der Waals surface area contributed by atoms with Gasteiger partial charge in [-0.25, -0.2) is 9.97 Å². The van der Waals surface area contributed by atoms with Gasteiger partial charge in [-0.05, 0) is 52.1 Å². The summed E-state index contributed by atoms with van der Waals surface area (Å²) in [5.74, 6) is 0.659. The largest absolute Gasteiger partial charge is 0.392 e. The summed E-state index contributed by atoms with van der Waals surface area (Å²) in [6.45, 7) is 2.59. The summed E-state index contributed by atoms with van der Waals surface area (Å²) in [7, 11) is 0. The predicted octanol–water partition coefficient (Wildman–Crippen LogP) is 7.15. The van der Waals surface area contributed by atoms with Gasteiger partial charge in [-0.3, -0.25) is 4.79 Å². The zero-order chi connectivity index (χ0) is 31.0. The number of nitrogens with zero attached hydrogens (tertiary/aromatic N) is 2. The Morgan fingerprint density at radius 1 is 0.800 bits per heavy atom. The average molecular weight is 618 g/mol. The molecule has 1 aliphatic heterocycles. The maximum atomic E-state index is 12.5. The van der Waals surface area contributed by atoms with Crippen molar-refractivity contribution in [2.24, 2.45) is 5.92 Å². The van der Waals surface area contributed by atoms with E-state index >= 15 is 0 Å². The van der Waals surface area contributed by atoms with E-state index in [1.165, 1.54) is 0 Å². The van der Waals surface area contributed by atoms with E-state index in [1.54, 1.807) is 24.2 Å². The molecule has 45 heavy (non-hydrogen) atoms. The molecule has 0 aliphatic carbocycles. The number of benzene rings is 4. The number of hydrogen-bond acceptors (Lipinski definition) is 7. The number of ether oxygens (including phenoxy) is 2. The number of aromatic nitrogens is 2. The highest BCUT2D eigenvalue weighted by atomic mass is 32.2. The SMILES string of the molecule is CC1C(CSc2ncccn2)OC(c2ccc(-c3cccc(CNC(=O)c4ccccc4)c3)cc2)OC1c1ccc(CO)cc1. The summed E-state index contributed by atoms with van der Waals surface area (Å²) in [5.41, 5.74) is 6.62. The Morgan fingerprint density at radius 3 is 2.27 bits per heavy atom. The number of amides is 1. The highest BCUT2D eigenvalue weighted by Crippen LogP contribution is 2.43. The van der Waals surface area contributed by atoms with Gasteiger partial charge in [0.05, 0.1) is 18.8 Å². The molecule has 1 fully saturated rings. The van der Waals surface area contributed by atoms with Crippen LogP contribution >= 0.6 is 11.8 Å². The third kappa shape index (κ3) is 7.67. The van der Waals surface area contributed by atoms with Gasteiger partial charge in [0.25, 0.3) is 5.91 Å². The van der Waals surface area contributed by atoms with Crippen molar-refractivity contribution in [3.63, 3.8) is 0 Å². The van der Waals surface area contributed by atoms with Gasteiger partial charge in [-0.15, -0.1) is 0 Å². The van der Waals surface area contributed by atoms with Gasteiger partial charge in [0, 0.05) is 41.7 Å². The number of carbonyl (C=O) groups is 1. The smallest absolute Gasteiger partial charge is 0.251 e. The summed E-state index contributed by atoms with van der Waals surface area (Å²) in [6, 6.07) is 35.4. The summed E-state index contributed by atoms with van der Waals surface area (Å²) in [4.78, 5) is 21.2. The maximum Gasteiger partial charge on any atom is 0.251 e. The zero-order valence-electron chi connectivity index (χ0n) is 25.0. The van der Waals surface area contributed by atoms with Crippen LogP contribution in [0.15, 0.2) is 127 Å². The fraction of sp³-hybridized carbons (Fsp3) is 0.216. The molecule has 0 saturated carbocycles. The second-order valence-electron chi connectivity index (χ2n) is 11.0. The number of aliphatic hydroxyl groups excluding tert-OH is 1. The number of rotatable bonds is 10. The van der Waals surface area contributed by atoms with Gasteiger partial charge in [-0.1, -0.05) is 104 Å². The minimum atomic E-state index is -0.556. The summed E-state index contributed by atoms with van der Waals surface area (Å²) in [5, 5.41) is 13.2. The Morgan fingerprint density at radius 2 is 1.53 bits per heavy atom. The van der Waals surface area contributed by atoms with Crippen LogP contribution in [0.5, 0.6) is 0 Å². The zero-order valence-corrected chi connectivity index (χ0v) is 25.8. The van der Waals surface area contributed by atoms with Crippen LogP contribution in [0.25, 0.3) is 11.1 Å². The fourth-order valence-electron chi connectivity index (χ4n) is 5.39. The minimum Gasteiger partial charge on any atom is -0.392 e. The van der Waals surface area contributed by atoms with Gasteiger partial charge >= 0.3 is 0 Å². The van der Waals surface area contributed by atoms with E-state index in [9.17, 15) is 9.90 Å². The molecule has 7 nitrogen and oxygen atoms in total. The predicted molar refractivity (Wildman–Crippen MR) is 175 cm³/mol. The van der Waals surface area contributed by atoms with E-state index in [0.717, 1.165) is 33.4 Å². The lowest BCUT2D eigenvalue weighted by Gasteiger charge is -2.41. The van der Waals surface area contributed by atoms with Crippen LogP contribution in [-0.4, -0.2) is 32.8 Å². The first kappa shape index (κ1) is 30.7. The van der Waals surface area contributed by atoms with Gasteiger partial charge < -0.3 is 19.9 Å². The first-order valence-electron chi connectivity index (χ1n) is 15.0. The van der Waals surface area contributed by atoms with Crippen molar-refractivity contribution in [3.05, 3.63) is 149 Å². The second-order valence-corrected chi connectivity index (χ2v) is 12.0.